The Morgan fingerprint density at radius 3 is 2.10 bits per heavy atom. The van der Waals surface area contributed by atoms with E-state index in [1.54, 1.807) is 0 Å². The van der Waals surface area contributed by atoms with Crippen molar-refractivity contribution >= 4 is 38.3 Å². The molecule has 4 nitrogen and oxygen atoms in total. The van der Waals surface area contributed by atoms with Crippen LogP contribution in [0, 0.1) is 0 Å². The lowest BCUT2D eigenvalue weighted by Crippen LogP contribution is -2.56. The molecule has 2 aliphatic heterocycles. The molecule has 6 aromatic rings. The molecule has 5 atom stereocenters. The predicted molar refractivity (Wildman–Crippen MR) is 160 cm³/mol. The first-order chi connectivity index (χ1) is 19.6. The molecule has 0 radical (unpaired) electrons. The number of rotatable bonds is 5. The van der Waals surface area contributed by atoms with Crippen LogP contribution in [0.1, 0.15) is 42.7 Å². The number of esters is 1. The van der Waals surface area contributed by atoms with Gasteiger partial charge in [0.2, 0.25) is 0 Å². The Morgan fingerprint density at radius 1 is 0.775 bits per heavy atom. The van der Waals surface area contributed by atoms with Crippen LogP contribution >= 0.6 is 0 Å². The minimum absolute atomic E-state index is 0.00954. The standard InChI is InChI=1S/C36H30N2O2/c1-3-40-34(39)35(2)36(27-15-8-5-9-16-27)32(26-11-6-4-7-12-26)38(36)33(37-35)29-22-20-25-18-17-23-13-10-14-24-19-21-28(29)31(25)30(23)24/h4-22,32-33,37H,3H2,1-2H3/t32-,33-,35-,36+,38?/m1/s1. The van der Waals surface area contributed by atoms with Gasteiger partial charge in [-0.05, 0) is 62.9 Å². The van der Waals surface area contributed by atoms with E-state index < -0.39 is 11.1 Å². The van der Waals surface area contributed by atoms with Gasteiger partial charge < -0.3 is 4.74 Å². The molecule has 0 bridgehead atoms. The van der Waals surface area contributed by atoms with Crippen molar-refractivity contribution in [2.24, 2.45) is 0 Å². The maximum Gasteiger partial charge on any atom is 0.328 e. The summed E-state index contributed by atoms with van der Waals surface area (Å²) in [6.07, 6.45) is -0.190. The lowest BCUT2D eigenvalue weighted by Gasteiger charge is -2.34. The van der Waals surface area contributed by atoms with E-state index in [1.165, 1.54) is 43.4 Å². The first-order valence-corrected chi connectivity index (χ1v) is 14.1. The second-order valence-corrected chi connectivity index (χ2v) is 11.3. The summed E-state index contributed by atoms with van der Waals surface area (Å²) in [5.41, 5.74) is 1.92. The molecule has 0 spiro atoms. The van der Waals surface area contributed by atoms with Gasteiger partial charge in [-0.25, -0.2) is 4.79 Å². The lowest BCUT2D eigenvalue weighted by molar-refractivity contribution is -0.151. The predicted octanol–water partition coefficient (Wildman–Crippen LogP) is 7.46. The molecule has 2 aliphatic rings. The first-order valence-electron chi connectivity index (χ1n) is 14.1. The van der Waals surface area contributed by atoms with E-state index in [1.807, 2.05) is 26.0 Å². The average Bonchev–Trinajstić information content (AvgIpc) is 3.63. The van der Waals surface area contributed by atoms with Crippen LogP contribution in [0.4, 0.5) is 0 Å². The van der Waals surface area contributed by atoms with E-state index in [0.29, 0.717) is 6.61 Å². The van der Waals surface area contributed by atoms with Gasteiger partial charge in [-0.3, -0.25) is 10.2 Å². The van der Waals surface area contributed by atoms with E-state index >= 15 is 0 Å². The summed E-state index contributed by atoms with van der Waals surface area (Å²) in [5, 5.41) is 11.3. The fraction of sp³-hybridized carbons (Fsp3) is 0.194. The number of benzene rings is 6. The normalized spacial score (nSPS) is 27.3. The SMILES string of the molecule is CCOC(=O)[C@@]1(C)N[C@@H](c2ccc3ccc4cccc5ccc2c3c45)N2[C@H](c3ccccc3)[C@]21c1ccccc1. The van der Waals surface area contributed by atoms with E-state index in [9.17, 15) is 4.79 Å². The molecular formula is C36H30N2O2. The topological polar surface area (TPSA) is 41.3 Å². The number of ether oxygens (including phenoxy) is 1. The molecule has 196 valence electrons. The third-order valence-corrected chi connectivity index (χ3v) is 9.35. The summed E-state index contributed by atoms with van der Waals surface area (Å²) >= 11 is 0. The van der Waals surface area contributed by atoms with Crippen molar-refractivity contribution in [3.05, 3.63) is 132 Å². The number of carbonyl (C=O) groups excluding carboxylic acids is 1. The van der Waals surface area contributed by atoms with Crippen LogP contribution in [0.3, 0.4) is 0 Å². The van der Waals surface area contributed by atoms with E-state index in [4.69, 9.17) is 4.74 Å². The Hall–Kier alpha value is -4.25. The molecule has 1 N–H and O–H groups in total. The maximum atomic E-state index is 14.0. The van der Waals surface area contributed by atoms with E-state index in [-0.39, 0.29) is 18.2 Å². The van der Waals surface area contributed by atoms with E-state index in [2.05, 4.69) is 113 Å². The van der Waals surface area contributed by atoms with Crippen LogP contribution < -0.4 is 5.32 Å². The largest absolute Gasteiger partial charge is 0.465 e. The summed E-state index contributed by atoms with van der Waals surface area (Å²) in [5.74, 6) is -0.220. The van der Waals surface area contributed by atoms with Gasteiger partial charge in [0.25, 0.3) is 0 Å². The smallest absolute Gasteiger partial charge is 0.328 e. The zero-order chi connectivity index (χ0) is 27.1. The molecule has 2 fully saturated rings. The maximum absolute atomic E-state index is 14.0. The summed E-state index contributed by atoms with van der Waals surface area (Å²) in [6.45, 7) is 4.24. The molecule has 1 unspecified atom stereocenters. The first kappa shape index (κ1) is 23.6. The summed E-state index contributed by atoms with van der Waals surface area (Å²) in [6, 6.07) is 41.0. The molecule has 0 saturated carbocycles. The molecule has 2 saturated heterocycles. The zero-order valence-corrected chi connectivity index (χ0v) is 22.6. The molecule has 0 amide bonds. The Morgan fingerprint density at radius 2 is 1.40 bits per heavy atom. The monoisotopic (exact) mass is 522 g/mol. The Kier molecular flexibility index (Phi) is 4.95. The van der Waals surface area contributed by atoms with Crippen molar-refractivity contribution in [3.63, 3.8) is 0 Å². The Labute approximate surface area is 233 Å². The second kappa shape index (κ2) is 8.37. The quantitative estimate of drug-likeness (QED) is 0.145. The molecular weight excluding hydrogens is 492 g/mol. The van der Waals surface area contributed by atoms with Crippen molar-refractivity contribution in [2.75, 3.05) is 6.61 Å². The molecule has 40 heavy (non-hydrogen) atoms. The fourth-order valence-corrected chi connectivity index (χ4v) is 7.69. The van der Waals surface area contributed by atoms with Crippen LogP contribution in [-0.4, -0.2) is 23.0 Å². The van der Waals surface area contributed by atoms with Crippen molar-refractivity contribution in [1.29, 1.82) is 0 Å². The van der Waals surface area contributed by atoms with Gasteiger partial charge in [0.15, 0.2) is 0 Å². The minimum atomic E-state index is -0.973. The van der Waals surface area contributed by atoms with Gasteiger partial charge in [-0.1, -0.05) is 115 Å². The highest BCUT2D eigenvalue weighted by atomic mass is 16.5. The highest BCUT2D eigenvalue weighted by Gasteiger charge is 2.82. The number of carbonyl (C=O) groups is 1. The lowest BCUT2D eigenvalue weighted by atomic mass is 9.76. The van der Waals surface area contributed by atoms with Crippen LogP contribution in [0.5, 0.6) is 0 Å². The van der Waals surface area contributed by atoms with Crippen LogP contribution in [0.15, 0.2) is 115 Å². The number of nitrogens with zero attached hydrogens (tertiary/aromatic N) is 1. The Balaban J connectivity index is 1.40. The summed E-state index contributed by atoms with van der Waals surface area (Å²) in [7, 11) is 0. The molecule has 0 aliphatic carbocycles. The second-order valence-electron chi connectivity index (χ2n) is 11.3. The molecule has 0 aromatic heterocycles. The van der Waals surface area contributed by atoms with Crippen molar-refractivity contribution in [2.45, 2.75) is 37.1 Å². The minimum Gasteiger partial charge on any atom is -0.465 e. The zero-order valence-electron chi connectivity index (χ0n) is 22.6. The summed E-state index contributed by atoms with van der Waals surface area (Å²) < 4.78 is 5.79. The highest BCUT2D eigenvalue weighted by molar-refractivity contribution is 6.23. The van der Waals surface area contributed by atoms with Gasteiger partial charge in [0.1, 0.15) is 5.54 Å². The van der Waals surface area contributed by atoms with Crippen molar-refractivity contribution < 1.29 is 9.53 Å². The average molecular weight is 523 g/mol. The van der Waals surface area contributed by atoms with Gasteiger partial charge in [0.05, 0.1) is 24.4 Å². The third-order valence-electron chi connectivity index (χ3n) is 9.35. The molecule has 6 aromatic carbocycles. The van der Waals surface area contributed by atoms with Crippen LogP contribution in [-0.2, 0) is 15.1 Å². The van der Waals surface area contributed by atoms with Gasteiger partial charge in [-0.2, -0.15) is 0 Å². The number of hydrogen-bond donors (Lipinski definition) is 1. The van der Waals surface area contributed by atoms with Crippen molar-refractivity contribution in [3.8, 4) is 0 Å². The van der Waals surface area contributed by atoms with Gasteiger partial charge >= 0.3 is 5.97 Å². The van der Waals surface area contributed by atoms with Gasteiger partial charge in [0, 0.05) is 0 Å². The third kappa shape index (κ3) is 2.90. The highest BCUT2D eigenvalue weighted by Crippen LogP contribution is 2.72. The summed E-state index contributed by atoms with van der Waals surface area (Å²) in [4.78, 5) is 16.5. The van der Waals surface area contributed by atoms with Crippen LogP contribution in [0.25, 0.3) is 32.3 Å². The van der Waals surface area contributed by atoms with Crippen molar-refractivity contribution in [1.82, 2.24) is 10.2 Å². The van der Waals surface area contributed by atoms with Crippen LogP contribution in [0.2, 0.25) is 0 Å². The molecule has 2 heterocycles. The van der Waals surface area contributed by atoms with Gasteiger partial charge in [-0.15, -0.1) is 0 Å². The number of hydrogen-bond acceptors (Lipinski definition) is 4. The Bertz CT molecular complexity index is 1890. The number of fused-ring (bicyclic) bond motifs is 1. The fourth-order valence-electron chi connectivity index (χ4n) is 7.69. The molecule has 4 heteroatoms. The number of nitrogens with one attached hydrogen (secondary N) is 1. The molecule has 8 rings (SSSR count). The van der Waals surface area contributed by atoms with E-state index in [0.717, 1.165) is 5.56 Å².